The van der Waals surface area contributed by atoms with Gasteiger partial charge in [0.15, 0.2) is 0 Å². The molecular weight excluding hydrogens is 258 g/mol. The molecule has 19 heavy (non-hydrogen) atoms. The number of nitrogens with two attached hydrogens (primary N) is 1. The molecule has 3 unspecified atom stereocenters. The van der Waals surface area contributed by atoms with Gasteiger partial charge in [0.05, 0.1) is 0 Å². The molecule has 0 aliphatic heterocycles. The van der Waals surface area contributed by atoms with E-state index >= 15 is 0 Å². The molecule has 1 rings (SSSR count). The molecule has 0 amide bonds. The van der Waals surface area contributed by atoms with Gasteiger partial charge in [-0.2, -0.15) is 0 Å². The van der Waals surface area contributed by atoms with Crippen LogP contribution < -0.4 is 5.73 Å². The van der Waals surface area contributed by atoms with Crippen LogP contribution in [-0.2, 0) is 13.3 Å². The minimum Gasteiger partial charge on any atom is -0.374 e. The fourth-order valence-corrected chi connectivity index (χ4v) is 6.26. The normalized spacial score (nSPS) is 26.4. The van der Waals surface area contributed by atoms with Crippen LogP contribution in [0.3, 0.4) is 0 Å². The quantitative estimate of drug-likeness (QED) is 0.698. The van der Waals surface area contributed by atoms with Crippen molar-refractivity contribution in [3.8, 4) is 0 Å². The summed E-state index contributed by atoms with van der Waals surface area (Å²) in [6.45, 7) is 10.2. The van der Waals surface area contributed by atoms with Crippen LogP contribution in [0.1, 0.15) is 53.4 Å². The van der Waals surface area contributed by atoms with Crippen molar-refractivity contribution in [2.24, 2.45) is 11.7 Å². The second-order valence-electron chi connectivity index (χ2n) is 5.38. The second-order valence-corrected chi connectivity index (χ2v) is 8.36. The molecule has 0 heterocycles. The molecule has 3 atom stereocenters. The van der Waals surface area contributed by atoms with Crippen molar-refractivity contribution in [3.05, 3.63) is 0 Å². The second kappa shape index (κ2) is 8.37. The van der Waals surface area contributed by atoms with E-state index in [4.69, 9.17) is 19.0 Å². The van der Waals surface area contributed by atoms with E-state index in [0.717, 1.165) is 12.8 Å². The van der Waals surface area contributed by atoms with Crippen LogP contribution in [0.4, 0.5) is 0 Å². The first-order valence-corrected chi connectivity index (χ1v) is 9.57. The lowest BCUT2D eigenvalue weighted by Crippen LogP contribution is -2.52. The molecule has 0 aromatic heterocycles. The predicted octanol–water partition coefficient (Wildman–Crippen LogP) is 2.94. The van der Waals surface area contributed by atoms with Crippen LogP contribution >= 0.6 is 0 Å². The van der Waals surface area contributed by atoms with Gasteiger partial charge in [0.25, 0.3) is 0 Å². The molecule has 0 aromatic rings. The van der Waals surface area contributed by atoms with Crippen LogP contribution in [-0.4, -0.2) is 34.7 Å². The van der Waals surface area contributed by atoms with Crippen molar-refractivity contribution >= 4 is 8.80 Å². The highest BCUT2D eigenvalue weighted by atomic mass is 28.4. The maximum absolute atomic E-state index is 6.12. The fourth-order valence-electron chi connectivity index (χ4n) is 3.13. The molecule has 1 aliphatic carbocycles. The van der Waals surface area contributed by atoms with Crippen molar-refractivity contribution in [1.82, 2.24) is 0 Å². The van der Waals surface area contributed by atoms with E-state index in [-0.39, 0.29) is 0 Å². The molecular formula is C14H31NO3Si. The van der Waals surface area contributed by atoms with Gasteiger partial charge in [-0.1, -0.05) is 19.8 Å². The average Bonchev–Trinajstić information content (AvgIpc) is 2.38. The molecule has 1 fully saturated rings. The first-order valence-electron chi connectivity index (χ1n) is 7.77. The van der Waals surface area contributed by atoms with Crippen molar-refractivity contribution in [1.29, 1.82) is 0 Å². The minimum atomic E-state index is -2.57. The summed E-state index contributed by atoms with van der Waals surface area (Å²) in [5, 5.41) is 0. The third-order valence-corrected chi connectivity index (χ3v) is 7.72. The summed E-state index contributed by atoms with van der Waals surface area (Å²) >= 11 is 0. The van der Waals surface area contributed by atoms with Crippen LogP contribution in [0, 0.1) is 5.92 Å². The molecule has 0 spiro atoms. The molecule has 1 aliphatic rings. The Bertz CT molecular complexity index is 236. The first-order chi connectivity index (χ1) is 9.09. The van der Waals surface area contributed by atoms with Crippen molar-refractivity contribution in [2.45, 2.75) is 65.0 Å². The fraction of sp³-hybridized carbons (Fsp3) is 1.00. The maximum atomic E-state index is 6.12. The SMILES string of the molecule is CCO[Si](OCC)(OCC)C(C)C1CCCC(N)C1. The summed E-state index contributed by atoms with van der Waals surface area (Å²) in [7, 11) is -2.57. The summed E-state index contributed by atoms with van der Waals surface area (Å²) in [5.41, 5.74) is 6.45. The molecule has 0 aromatic carbocycles. The zero-order chi connectivity index (χ0) is 14.3. The highest BCUT2D eigenvalue weighted by Gasteiger charge is 2.50. The summed E-state index contributed by atoms with van der Waals surface area (Å²) in [5.74, 6) is 0.570. The minimum absolute atomic E-state index is 0.331. The molecule has 114 valence electrons. The van der Waals surface area contributed by atoms with Gasteiger partial charge >= 0.3 is 8.80 Å². The Morgan fingerprint density at radius 3 is 2.00 bits per heavy atom. The Kier molecular flexibility index (Phi) is 7.53. The molecule has 4 nitrogen and oxygen atoms in total. The zero-order valence-electron chi connectivity index (χ0n) is 13.0. The third-order valence-electron chi connectivity index (χ3n) is 4.06. The van der Waals surface area contributed by atoms with Gasteiger partial charge < -0.3 is 19.0 Å². The third kappa shape index (κ3) is 4.53. The van der Waals surface area contributed by atoms with E-state index in [1.807, 2.05) is 20.8 Å². The summed E-state index contributed by atoms with van der Waals surface area (Å²) < 4.78 is 18.0. The van der Waals surface area contributed by atoms with Crippen LogP contribution in [0.25, 0.3) is 0 Å². The van der Waals surface area contributed by atoms with Crippen LogP contribution in [0.5, 0.6) is 0 Å². The van der Waals surface area contributed by atoms with Crippen molar-refractivity contribution in [3.63, 3.8) is 0 Å². The van der Waals surface area contributed by atoms with Crippen LogP contribution in [0.15, 0.2) is 0 Å². The van der Waals surface area contributed by atoms with Gasteiger partial charge in [0.2, 0.25) is 0 Å². The Morgan fingerprint density at radius 1 is 1.05 bits per heavy atom. The molecule has 5 heteroatoms. The van der Waals surface area contributed by atoms with Gasteiger partial charge in [-0.3, -0.25) is 0 Å². The molecule has 0 radical (unpaired) electrons. The lowest BCUT2D eigenvalue weighted by atomic mass is 9.84. The highest BCUT2D eigenvalue weighted by Crippen LogP contribution is 2.40. The van der Waals surface area contributed by atoms with E-state index in [1.54, 1.807) is 0 Å². The van der Waals surface area contributed by atoms with Gasteiger partial charge in [-0.05, 0) is 39.5 Å². The lowest BCUT2D eigenvalue weighted by Gasteiger charge is -2.39. The maximum Gasteiger partial charge on any atom is 0.504 e. The van der Waals surface area contributed by atoms with E-state index in [2.05, 4.69) is 6.92 Å². The highest BCUT2D eigenvalue weighted by molar-refractivity contribution is 6.62. The van der Waals surface area contributed by atoms with Gasteiger partial charge in [0, 0.05) is 31.4 Å². The Labute approximate surface area is 119 Å². The standard InChI is InChI=1S/C14H31NO3Si/c1-5-16-19(17-6-2,18-7-3)12(4)13-9-8-10-14(15)11-13/h12-14H,5-11,15H2,1-4H3. The summed E-state index contributed by atoms with van der Waals surface area (Å²) in [6.07, 6.45) is 4.65. The molecule has 1 saturated carbocycles. The Balaban J connectivity index is 2.80. The number of rotatable bonds is 8. The monoisotopic (exact) mass is 289 g/mol. The first kappa shape index (κ1) is 17.1. The van der Waals surface area contributed by atoms with Gasteiger partial charge in [0.1, 0.15) is 0 Å². The molecule has 0 bridgehead atoms. The van der Waals surface area contributed by atoms with E-state index in [9.17, 15) is 0 Å². The summed E-state index contributed by atoms with van der Waals surface area (Å²) in [6, 6.07) is 0.331. The largest absolute Gasteiger partial charge is 0.504 e. The lowest BCUT2D eigenvalue weighted by molar-refractivity contribution is 0.0521. The predicted molar refractivity (Wildman–Crippen MR) is 80.0 cm³/mol. The molecule has 0 saturated heterocycles. The van der Waals surface area contributed by atoms with Crippen molar-refractivity contribution in [2.75, 3.05) is 19.8 Å². The molecule has 2 N–H and O–H groups in total. The van der Waals surface area contributed by atoms with Gasteiger partial charge in [-0.15, -0.1) is 0 Å². The smallest absolute Gasteiger partial charge is 0.374 e. The number of hydrogen-bond donors (Lipinski definition) is 1. The van der Waals surface area contributed by atoms with Gasteiger partial charge in [-0.25, -0.2) is 0 Å². The van der Waals surface area contributed by atoms with Crippen LogP contribution in [0.2, 0.25) is 5.54 Å². The van der Waals surface area contributed by atoms with E-state index < -0.39 is 8.80 Å². The average molecular weight is 289 g/mol. The van der Waals surface area contributed by atoms with E-state index in [0.29, 0.717) is 37.3 Å². The van der Waals surface area contributed by atoms with E-state index in [1.165, 1.54) is 12.8 Å². The number of hydrogen-bond acceptors (Lipinski definition) is 4. The topological polar surface area (TPSA) is 53.7 Å². The summed E-state index contributed by atoms with van der Waals surface area (Å²) in [4.78, 5) is 0. The Morgan fingerprint density at radius 2 is 1.58 bits per heavy atom. The zero-order valence-corrected chi connectivity index (χ0v) is 14.0. The van der Waals surface area contributed by atoms with Crippen molar-refractivity contribution < 1.29 is 13.3 Å². The Hall–Kier alpha value is 0.0569.